The molecule has 4 heteroatoms. The van der Waals surface area contributed by atoms with E-state index in [9.17, 15) is 8.42 Å². The molecule has 106 valence electrons. The van der Waals surface area contributed by atoms with Crippen LogP contribution in [0.15, 0.2) is 47.4 Å². The summed E-state index contributed by atoms with van der Waals surface area (Å²) in [6.45, 7) is 0. The lowest BCUT2D eigenvalue weighted by Gasteiger charge is -2.15. The van der Waals surface area contributed by atoms with E-state index in [2.05, 4.69) is 5.32 Å². The summed E-state index contributed by atoms with van der Waals surface area (Å²) in [7, 11) is -1.38. The van der Waals surface area contributed by atoms with Crippen LogP contribution in [0.4, 0.5) is 0 Å². The van der Waals surface area contributed by atoms with Crippen LogP contribution in [-0.4, -0.2) is 27.3 Å². The highest BCUT2D eigenvalue weighted by Crippen LogP contribution is 2.34. The molecular formula is C16H19NO2S. The van der Waals surface area contributed by atoms with E-state index in [-0.39, 0.29) is 11.8 Å². The molecule has 0 amide bonds. The molecule has 1 N–H and O–H groups in total. The van der Waals surface area contributed by atoms with E-state index in [4.69, 9.17) is 0 Å². The standard InChI is InChI=1S/C16H19NO2S/c1-17-16(13-6-7-13)11-20(18,19)15-9-8-12-4-2-3-5-14(12)10-15/h2-5,8-10,13,16-17H,6-7,11H2,1H3. The summed E-state index contributed by atoms with van der Waals surface area (Å²) in [6.07, 6.45) is 2.28. The molecule has 0 aromatic heterocycles. The third-order valence-electron chi connectivity index (χ3n) is 4.04. The summed E-state index contributed by atoms with van der Waals surface area (Å²) in [6, 6.07) is 13.3. The fourth-order valence-electron chi connectivity index (χ4n) is 2.65. The topological polar surface area (TPSA) is 46.2 Å². The maximum Gasteiger partial charge on any atom is 0.179 e. The van der Waals surface area contributed by atoms with Gasteiger partial charge in [0.15, 0.2) is 9.84 Å². The van der Waals surface area contributed by atoms with Crippen molar-refractivity contribution < 1.29 is 8.42 Å². The van der Waals surface area contributed by atoms with E-state index in [1.165, 1.54) is 0 Å². The number of sulfone groups is 1. The lowest BCUT2D eigenvalue weighted by Crippen LogP contribution is -2.34. The lowest BCUT2D eigenvalue weighted by atomic mass is 10.1. The maximum atomic E-state index is 12.5. The molecule has 20 heavy (non-hydrogen) atoms. The van der Waals surface area contributed by atoms with Crippen LogP contribution in [0.5, 0.6) is 0 Å². The summed E-state index contributed by atoms with van der Waals surface area (Å²) < 4.78 is 25.1. The third kappa shape index (κ3) is 2.72. The van der Waals surface area contributed by atoms with Crippen LogP contribution in [0.1, 0.15) is 12.8 Å². The summed E-state index contributed by atoms with van der Waals surface area (Å²) in [4.78, 5) is 0.428. The van der Waals surface area contributed by atoms with Crippen LogP contribution in [0.2, 0.25) is 0 Å². The van der Waals surface area contributed by atoms with Crippen LogP contribution >= 0.6 is 0 Å². The SMILES string of the molecule is CNC(CS(=O)(=O)c1ccc2ccccc2c1)C1CC1. The van der Waals surface area contributed by atoms with Gasteiger partial charge in [-0.3, -0.25) is 0 Å². The van der Waals surface area contributed by atoms with Gasteiger partial charge in [-0.25, -0.2) is 8.42 Å². The normalized spacial score (nSPS) is 17.2. The molecular weight excluding hydrogens is 270 g/mol. The van der Waals surface area contributed by atoms with Crippen molar-refractivity contribution in [1.82, 2.24) is 5.32 Å². The Morgan fingerprint density at radius 3 is 2.50 bits per heavy atom. The van der Waals surface area contributed by atoms with Crippen molar-refractivity contribution in [2.75, 3.05) is 12.8 Å². The van der Waals surface area contributed by atoms with Gasteiger partial charge in [-0.1, -0.05) is 30.3 Å². The highest BCUT2D eigenvalue weighted by molar-refractivity contribution is 7.91. The second kappa shape index (κ2) is 5.19. The predicted octanol–water partition coefficient (Wildman–Crippen LogP) is 2.61. The number of nitrogens with one attached hydrogen (secondary N) is 1. The first-order chi connectivity index (χ1) is 9.60. The minimum Gasteiger partial charge on any atom is -0.316 e. The van der Waals surface area contributed by atoms with Crippen molar-refractivity contribution in [3.05, 3.63) is 42.5 Å². The smallest absolute Gasteiger partial charge is 0.179 e. The van der Waals surface area contributed by atoms with Gasteiger partial charge in [0.2, 0.25) is 0 Å². The molecule has 1 aliphatic carbocycles. The van der Waals surface area contributed by atoms with Crippen molar-refractivity contribution in [3.63, 3.8) is 0 Å². The predicted molar refractivity (Wildman–Crippen MR) is 81.6 cm³/mol. The van der Waals surface area contributed by atoms with E-state index in [1.807, 2.05) is 37.4 Å². The second-order valence-corrected chi connectivity index (χ2v) is 7.56. The molecule has 0 radical (unpaired) electrons. The van der Waals surface area contributed by atoms with Gasteiger partial charge < -0.3 is 5.32 Å². The highest BCUT2D eigenvalue weighted by atomic mass is 32.2. The summed E-state index contributed by atoms with van der Waals surface area (Å²) in [5, 5.41) is 5.19. The number of rotatable bonds is 5. The number of hydrogen-bond acceptors (Lipinski definition) is 3. The molecule has 1 fully saturated rings. The number of hydrogen-bond donors (Lipinski definition) is 1. The minimum atomic E-state index is -3.23. The zero-order valence-electron chi connectivity index (χ0n) is 11.5. The Labute approximate surface area is 119 Å². The molecule has 2 aromatic carbocycles. The molecule has 1 unspecified atom stereocenters. The van der Waals surface area contributed by atoms with E-state index in [0.29, 0.717) is 10.8 Å². The third-order valence-corrected chi connectivity index (χ3v) is 5.81. The molecule has 3 nitrogen and oxygen atoms in total. The van der Waals surface area contributed by atoms with Crippen LogP contribution in [0.25, 0.3) is 10.8 Å². The van der Waals surface area contributed by atoms with E-state index >= 15 is 0 Å². The van der Waals surface area contributed by atoms with Crippen molar-refractivity contribution in [3.8, 4) is 0 Å². The van der Waals surface area contributed by atoms with Gasteiger partial charge in [0, 0.05) is 6.04 Å². The van der Waals surface area contributed by atoms with Crippen molar-refractivity contribution >= 4 is 20.6 Å². The fourth-order valence-corrected chi connectivity index (χ4v) is 4.33. The second-order valence-electron chi connectivity index (χ2n) is 5.52. The Hall–Kier alpha value is -1.39. The van der Waals surface area contributed by atoms with Gasteiger partial charge >= 0.3 is 0 Å². The minimum absolute atomic E-state index is 0.0754. The van der Waals surface area contributed by atoms with E-state index < -0.39 is 9.84 Å². The van der Waals surface area contributed by atoms with Gasteiger partial charge in [-0.05, 0) is 48.7 Å². The van der Waals surface area contributed by atoms with Gasteiger partial charge in [-0.15, -0.1) is 0 Å². The molecule has 2 aromatic rings. The molecule has 1 saturated carbocycles. The lowest BCUT2D eigenvalue weighted by molar-refractivity contribution is 0.527. The molecule has 0 aliphatic heterocycles. The Bertz CT molecular complexity index is 720. The van der Waals surface area contributed by atoms with Crippen LogP contribution in [0, 0.1) is 5.92 Å². The Morgan fingerprint density at radius 2 is 1.85 bits per heavy atom. The number of fused-ring (bicyclic) bond motifs is 1. The fraction of sp³-hybridized carbons (Fsp3) is 0.375. The van der Waals surface area contributed by atoms with Crippen molar-refractivity contribution in [2.45, 2.75) is 23.8 Å². The average Bonchev–Trinajstić information content (AvgIpc) is 3.29. The van der Waals surface area contributed by atoms with E-state index in [0.717, 1.165) is 23.6 Å². The van der Waals surface area contributed by atoms with Gasteiger partial charge in [-0.2, -0.15) is 0 Å². The maximum absolute atomic E-state index is 12.5. The summed E-state index contributed by atoms with van der Waals surface area (Å²) >= 11 is 0. The first kappa shape index (κ1) is 13.6. The van der Waals surface area contributed by atoms with Crippen LogP contribution in [0.3, 0.4) is 0 Å². The molecule has 1 atom stereocenters. The highest BCUT2D eigenvalue weighted by Gasteiger charge is 2.33. The van der Waals surface area contributed by atoms with Crippen molar-refractivity contribution in [2.24, 2.45) is 5.92 Å². The van der Waals surface area contributed by atoms with Crippen molar-refractivity contribution in [1.29, 1.82) is 0 Å². The molecule has 1 aliphatic rings. The van der Waals surface area contributed by atoms with Gasteiger partial charge in [0.25, 0.3) is 0 Å². The van der Waals surface area contributed by atoms with Gasteiger partial charge in [0.05, 0.1) is 10.6 Å². The molecule has 0 spiro atoms. The Balaban J connectivity index is 1.91. The monoisotopic (exact) mass is 289 g/mol. The molecule has 0 bridgehead atoms. The first-order valence-corrected chi connectivity index (χ1v) is 8.64. The van der Waals surface area contributed by atoms with E-state index in [1.54, 1.807) is 12.1 Å². The zero-order chi connectivity index (χ0) is 14.2. The Morgan fingerprint density at radius 1 is 1.15 bits per heavy atom. The molecule has 3 rings (SSSR count). The molecule has 0 heterocycles. The zero-order valence-corrected chi connectivity index (χ0v) is 12.4. The number of benzene rings is 2. The summed E-state index contributed by atoms with van der Waals surface area (Å²) in [5.41, 5.74) is 0. The van der Waals surface area contributed by atoms with Crippen LogP contribution in [-0.2, 0) is 9.84 Å². The largest absolute Gasteiger partial charge is 0.316 e. The van der Waals surface area contributed by atoms with Crippen LogP contribution < -0.4 is 5.32 Å². The quantitative estimate of drug-likeness (QED) is 0.920. The molecule has 0 saturated heterocycles. The van der Waals surface area contributed by atoms with Gasteiger partial charge in [0.1, 0.15) is 0 Å². The average molecular weight is 289 g/mol. The Kier molecular flexibility index (Phi) is 3.52. The summed E-state index contributed by atoms with van der Waals surface area (Å²) in [5.74, 6) is 0.710. The first-order valence-electron chi connectivity index (χ1n) is 6.99.